The molecule has 0 aromatic heterocycles. The highest BCUT2D eigenvalue weighted by molar-refractivity contribution is 5.45. The lowest BCUT2D eigenvalue weighted by atomic mass is 9.90. The molecule has 1 saturated carbocycles. The van der Waals surface area contributed by atoms with Crippen LogP contribution >= 0.6 is 0 Å². The molecule has 1 saturated heterocycles. The van der Waals surface area contributed by atoms with Crippen molar-refractivity contribution in [2.24, 2.45) is 5.41 Å². The molecular weight excluding hydrogens is 238 g/mol. The fourth-order valence-electron chi connectivity index (χ4n) is 3.13. The third kappa shape index (κ3) is 2.20. The van der Waals surface area contributed by atoms with Gasteiger partial charge in [0.05, 0.1) is 13.2 Å². The predicted octanol–water partition coefficient (Wildman–Crippen LogP) is 2.71. The smallest absolute Gasteiger partial charge is 0.161 e. The molecule has 2 fully saturated rings. The van der Waals surface area contributed by atoms with Crippen LogP contribution in [0.1, 0.15) is 37.2 Å². The zero-order chi connectivity index (χ0) is 12.7. The SMILES string of the molecule is c1cc2c(cc1C1CCNCC1)OCC1(CC1)CO2. The zero-order valence-electron chi connectivity index (χ0n) is 11.3. The summed E-state index contributed by atoms with van der Waals surface area (Å²) >= 11 is 0. The van der Waals surface area contributed by atoms with E-state index in [0.29, 0.717) is 11.3 Å². The minimum Gasteiger partial charge on any atom is -0.489 e. The summed E-state index contributed by atoms with van der Waals surface area (Å²) in [7, 11) is 0. The second-order valence-corrected chi connectivity index (χ2v) is 6.31. The summed E-state index contributed by atoms with van der Waals surface area (Å²) in [5.74, 6) is 2.56. The monoisotopic (exact) mass is 259 g/mol. The number of hydrogen-bond donors (Lipinski definition) is 1. The van der Waals surface area contributed by atoms with Gasteiger partial charge in [-0.2, -0.15) is 0 Å². The van der Waals surface area contributed by atoms with E-state index in [0.717, 1.165) is 37.8 Å². The Kier molecular flexibility index (Phi) is 2.69. The summed E-state index contributed by atoms with van der Waals surface area (Å²) in [6.45, 7) is 3.91. The summed E-state index contributed by atoms with van der Waals surface area (Å²) in [6.07, 6.45) is 4.96. The molecule has 1 aliphatic carbocycles. The molecule has 1 spiro atoms. The van der Waals surface area contributed by atoms with Gasteiger partial charge in [-0.05, 0) is 62.4 Å². The Morgan fingerprint density at radius 1 is 1.00 bits per heavy atom. The van der Waals surface area contributed by atoms with Gasteiger partial charge in [0.25, 0.3) is 0 Å². The summed E-state index contributed by atoms with van der Waals surface area (Å²) in [5.41, 5.74) is 1.74. The number of nitrogens with one attached hydrogen (secondary N) is 1. The van der Waals surface area contributed by atoms with Gasteiger partial charge in [0.2, 0.25) is 0 Å². The van der Waals surface area contributed by atoms with Crippen molar-refractivity contribution in [3.63, 3.8) is 0 Å². The Morgan fingerprint density at radius 3 is 2.47 bits per heavy atom. The Bertz CT molecular complexity index is 476. The van der Waals surface area contributed by atoms with Crippen molar-refractivity contribution in [3.8, 4) is 11.5 Å². The highest BCUT2D eigenvalue weighted by Crippen LogP contribution is 2.49. The molecule has 4 rings (SSSR count). The molecule has 3 aliphatic rings. The lowest BCUT2D eigenvalue weighted by molar-refractivity contribution is 0.197. The Morgan fingerprint density at radius 2 is 1.74 bits per heavy atom. The molecule has 1 N–H and O–H groups in total. The summed E-state index contributed by atoms with van der Waals surface area (Å²) in [6, 6.07) is 6.55. The van der Waals surface area contributed by atoms with Crippen LogP contribution in [0.4, 0.5) is 0 Å². The zero-order valence-corrected chi connectivity index (χ0v) is 11.3. The van der Waals surface area contributed by atoms with E-state index in [1.165, 1.54) is 31.2 Å². The maximum atomic E-state index is 6.02. The van der Waals surface area contributed by atoms with E-state index in [4.69, 9.17) is 9.47 Å². The van der Waals surface area contributed by atoms with E-state index in [1.54, 1.807) is 0 Å². The molecule has 0 radical (unpaired) electrons. The number of hydrogen-bond acceptors (Lipinski definition) is 3. The van der Waals surface area contributed by atoms with E-state index in [-0.39, 0.29) is 0 Å². The van der Waals surface area contributed by atoms with Gasteiger partial charge in [-0.15, -0.1) is 0 Å². The molecule has 0 atom stereocenters. The van der Waals surface area contributed by atoms with E-state index < -0.39 is 0 Å². The predicted molar refractivity (Wildman–Crippen MR) is 73.9 cm³/mol. The van der Waals surface area contributed by atoms with Gasteiger partial charge in [0.15, 0.2) is 11.5 Å². The van der Waals surface area contributed by atoms with Crippen molar-refractivity contribution in [1.29, 1.82) is 0 Å². The van der Waals surface area contributed by atoms with Crippen molar-refractivity contribution in [3.05, 3.63) is 23.8 Å². The second kappa shape index (κ2) is 4.41. The fraction of sp³-hybridized carbons (Fsp3) is 0.625. The van der Waals surface area contributed by atoms with Crippen LogP contribution in [0.2, 0.25) is 0 Å². The molecule has 2 heterocycles. The highest BCUT2D eigenvalue weighted by Gasteiger charge is 2.46. The first kappa shape index (κ1) is 11.6. The first-order chi connectivity index (χ1) is 9.35. The van der Waals surface area contributed by atoms with Crippen molar-refractivity contribution < 1.29 is 9.47 Å². The second-order valence-electron chi connectivity index (χ2n) is 6.31. The number of benzene rings is 1. The lowest BCUT2D eigenvalue weighted by Crippen LogP contribution is -2.26. The van der Waals surface area contributed by atoms with Gasteiger partial charge in [-0.25, -0.2) is 0 Å². The lowest BCUT2D eigenvalue weighted by Gasteiger charge is -2.23. The summed E-state index contributed by atoms with van der Waals surface area (Å²) in [5, 5.41) is 3.42. The van der Waals surface area contributed by atoms with Crippen LogP contribution in [0.15, 0.2) is 18.2 Å². The van der Waals surface area contributed by atoms with E-state index >= 15 is 0 Å². The third-order valence-electron chi connectivity index (χ3n) is 4.80. The molecule has 0 bridgehead atoms. The first-order valence-electron chi connectivity index (χ1n) is 7.45. The molecule has 0 unspecified atom stereocenters. The molecule has 1 aromatic rings. The Labute approximate surface area is 114 Å². The van der Waals surface area contributed by atoms with Gasteiger partial charge < -0.3 is 14.8 Å². The molecule has 19 heavy (non-hydrogen) atoms. The maximum absolute atomic E-state index is 6.02. The van der Waals surface area contributed by atoms with E-state index in [1.807, 2.05) is 0 Å². The first-order valence-corrected chi connectivity index (χ1v) is 7.45. The van der Waals surface area contributed by atoms with Crippen molar-refractivity contribution in [2.75, 3.05) is 26.3 Å². The Hall–Kier alpha value is -1.22. The van der Waals surface area contributed by atoms with Gasteiger partial charge in [-0.1, -0.05) is 6.07 Å². The molecule has 0 amide bonds. The fourth-order valence-corrected chi connectivity index (χ4v) is 3.13. The molecule has 2 aliphatic heterocycles. The quantitative estimate of drug-likeness (QED) is 0.841. The van der Waals surface area contributed by atoms with Gasteiger partial charge >= 0.3 is 0 Å². The average Bonchev–Trinajstić information content (AvgIpc) is 3.27. The van der Waals surface area contributed by atoms with Gasteiger partial charge in [0, 0.05) is 5.41 Å². The van der Waals surface area contributed by atoms with Crippen LogP contribution in [0.25, 0.3) is 0 Å². The molecule has 1 aromatic carbocycles. The van der Waals surface area contributed by atoms with E-state index in [2.05, 4.69) is 23.5 Å². The van der Waals surface area contributed by atoms with Crippen molar-refractivity contribution >= 4 is 0 Å². The normalized spacial score (nSPS) is 25.1. The molecule has 3 heteroatoms. The summed E-state index contributed by atoms with van der Waals surface area (Å²) < 4.78 is 11.9. The Balaban J connectivity index is 1.57. The number of piperidine rings is 1. The van der Waals surface area contributed by atoms with Crippen LogP contribution in [0, 0.1) is 5.41 Å². The summed E-state index contributed by atoms with van der Waals surface area (Å²) in [4.78, 5) is 0. The van der Waals surface area contributed by atoms with Crippen molar-refractivity contribution in [1.82, 2.24) is 5.32 Å². The average molecular weight is 259 g/mol. The third-order valence-corrected chi connectivity index (χ3v) is 4.80. The topological polar surface area (TPSA) is 30.5 Å². The van der Waals surface area contributed by atoms with Crippen LogP contribution in [-0.2, 0) is 0 Å². The van der Waals surface area contributed by atoms with Crippen LogP contribution in [0.5, 0.6) is 11.5 Å². The van der Waals surface area contributed by atoms with Crippen LogP contribution in [-0.4, -0.2) is 26.3 Å². The van der Waals surface area contributed by atoms with Crippen molar-refractivity contribution in [2.45, 2.75) is 31.6 Å². The van der Waals surface area contributed by atoms with E-state index in [9.17, 15) is 0 Å². The number of rotatable bonds is 1. The highest BCUT2D eigenvalue weighted by atomic mass is 16.5. The molecule has 102 valence electrons. The molecule has 3 nitrogen and oxygen atoms in total. The largest absolute Gasteiger partial charge is 0.489 e. The minimum absolute atomic E-state index is 0.327. The minimum atomic E-state index is 0.327. The standard InChI is InChI=1S/C16H21NO2/c1-2-14-15(19-11-16(5-6-16)10-18-14)9-13(1)12-3-7-17-8-4-12/h1-2,9,12,17H,3-8,10-11H2. The van der Waals surface area contributed by atoms with Crippen LogP contribution < -0.4 is 14.8 Å². The van der Waals surface area contributed by atoms with Gasteiger partial charge in [0.1, 0.15) is 0 Å². The maximum Gasteiger partial charge on any atom is 0.161 e. The number of fused-ring (bicyclic) bond motifs is 1. The molecular formula is C16H21NO2. The van der Waals surface area contributed by atoms with Crippen LogP contribution in [0.3, 0.4) is 0 Å². The van der Waals surface area contributed by atoms with Gasteiger partial charge in [-0.3, -0.25) is 0 Å². The number of ether oxygens (including phenoxy) is 2.